The fourth-order valence-electron chi connectivity index (χ4n) is 11.4. The Bertz CT molecular complexity index is 2820. The van der Waals surface area contributed by atoms with Gasteiger partial charge >= 0.3 is 24.6 Å². The molecule has 9 aliphatic heterocycles. The third-order valence-electron chi connectivity index (χ3n) is 18.4. The summed E-state index contributed by atoms with van der Waals surface area (Å²) in [6.07, 6.45) is -54.4. The maximum absolute atomic E-state index is 9.93. The molecule has 10 rings (SSSR count). The number of rotatable bonds is 16. The summed E-state index contributed by atoms with van der Waals surface area (Å²) in [5.41, 5.74) is 0. The summed E-state index contributed by atoms with van der Waals surface area (Å²) in [6, 6.07) is 0. The molecule has 0 amide bonds. The minimum atomic E-state index is -2.25. The lowest BCUT2D eigenvalue weighted by atomic mass is 9.81. The van der Waals surface area contributed by atoms with Crippen LogP contribution < -0.4 is 0 Å². The Kier molecular flexibility index (Phi) is 53.7. The Balaban J connectivity index is 0.00000137. The minimum Gasteiger partial charge on any atom is -0.396 e. The third kappa shape index (κ3) is 30.9. The molecule has 706 valence electrons. The second-order valence-corrected chi connectivity index (χ2v) is 26.2. The quantitative estimate of drug-likeness (QED) is 0.0682. The van der Waals surface area contributed by atoms with E-state index in [0.717, 1.165) is 0 Å². The lowest BCUT2D eigenvalue weighted by molar-refractivity contribution is -0.402. The molecule has 0 bridgehead atoms. The minimum absolute atomic E-state index is 0.0440. The van der Waals surface area contributed by atoms with E-state index in [1.54, 1.807) is 0 Å². The van der Waals surface area contributed by atoms with Gasteiger partial charge in [-0.05, 0) is 6.42 Å². The Labute approximate surface area is 671 Å². The van der Waals surface area contributed by atoms with Gasteiger partial charge in [0.1, 0.15) is 196 Å². The van der Waals surface area contributed by atoms with Gasteiger partial charge in [0, 0.05) is 12.5 Å². The molecule has 60 nitrogen and oxygen atoms in total. The molecule has 0 unspecified atom stereocenters. The van der Waals surface area contributed by atoms with Crippen LogP contribution >= 0.6 is 0 Å². The van der Waals surface area contributed by atoms with Crippen molar-refractivity contribution in [2.45, 2.75) is 263 Å². The van der Waals surface area contributed by atoms with Crippen molar-refractivity contribution in [3.8, 4) is 0 Å². The molecule has 40 N–H and O–H groups in total. The zero-order chi connectivity index (χ0) is 93.1. The van der Waals surface area contributed by atoms with Crippen LogP contribution in [0.3, 0.4) is 0 Å². The maximum atomic E-state index is 9.93. The van der Waals surface area contributed by atoms with E-state index in [9.17, 15) is 97.0 Å². The van der Waals surface area contributed by atoms with E-state index in [1.165, 1.54) is 0 Å². The summed E-state index contributed by atoms with van der Waals surface area (Å²) >= 11 is 0. The second kappa shape index (κ2) is 55.8. The van der Waals surface area contributed by atoms with Gasteiger partial charge < -0.3 is 261 Å². The number of hydrogen-bond donors (Lipinski definition) is 40. The first kappa shape index (κ1) is 115. The number of aliphatic hydroxyl groups is 40. The average Bonchev–Trinajstić information content (AvgIpc) is 1.62. The van der Waals surface area contributed by atoms with Gasteiger partial charge in [-0.25, -0.2) is 0 Å². The normalized spacial score (nSPS) is 45.8. The highest BCUT2D eigenvalue weighted by Crippen LogP contribution is 2.39. The van der Waals surface area contributed by atoms with Crippen molar-refractivity contribution in [3.05, 3.63) is 0 Å². The van der Waals surface area contributed by atoms with E-state index in [4.69, 9.17) is 183 Å². The summed E-state index contributed by atoms with van der Waals surface area (Å²) in [7, 11) is 0. The van der Waals surface area contributed by atoms with Crippen LogP contribution in [0.15, 0.2) is 0 Å². The van der Waals surface area contributed by atoms with Crippen LogP contribution in [0, 0.1) is 5.92 Å². The summed E-state index contributed by atoms with van der Waals surface area (Å²) in [5, 5.41) is 369. The van der Waals surface area contributed by atoms with Gasteiger partial charge in [-0.1, -0.05) is 0 Å². The Morgan fingerprint density at radius 1 is 0.275 bits per heavy atom. The molecule has 120 heavy (non-hydrogen) atoms. The lowest BCUT2D eigenvalue weighted by Gasteiger charge is -2.42. The monoisotopic (exact) mass is 1790 g/mol. The molecule has 60 heteroatoms. The number of aliphatic hydroxyl groups excluding tert-OH is 39. The molecular weight excluding hydrogens is 1680 g/mol. The first-order valence-corrected chi connectivity index (χ1v) is 34.5. The van der Waals surface area contributed by atoms with E-state index in [1.807, 2.05) is 0 Å². The van der Waals surface area contributed by atoms with E-state index < -0.39 is 329 Å². The van der Waals surface area contributed by atoms with Crippen molar-refractivity contribution < 1.29 is 299 Å². The molecule has 0 aromatic rings. The smallest absolute Gasteiger partial charge is 0.373 e. The predicted molar refractivity (Wildman–Crippen MR) is 344 cm³/mol. The van der Waals surface area contributed by atoms with Gasteiger partial charge in [0.05, 0.1) is 71.7 Å². The first-order chi connectivity index (χ1) is 56.1. The second-order valence-electron chi connectivity index (χ2n) is 26.2. The highest BCUT2D eigenvalue weighted by Gasteiger charge is 2.61. The summed E-state index contributed by atoms with van der Waals surface area (Å²) in [5.74, 6) is -7.22. The summed E-state index contributed by atoms with van der Waals surface area (Å²) in [4.78, 5) is 65.0. The van der Waals surface area contributed by atoms with Crippen molar-refractivity contribution in [1.82, 2.24) is 0 Å². The molecule has 0 aromatic carbocycles. The Morgan fingerprint density at radius 3 is 0.933 bits per heavy atom. The topological polar surface area (TPSA) is 1060 Å². The fourth-order valence-corrected chi connectivity index (χ4v) is 11.4. The zero-order valence-electron chi connectivity index (χ0n) is 61.8. The zero-order valence-corrected chi connectivity index (χ0v) is 61.8. The van der Waals surface area contributed by atoms with Gasteiger partial charge in [-0.15, -0.1) is 0 Å². The first-order valence-electron chi connectivity index (χ1n) is 34.5. The molecule has 9 saturated heterocycles. The fraction of sp³-hybridized carbons (Fsp3) is 0.933. The molecule has 10 fully saturated rings. The van der Waals surface area contributed by atoms with Gasteiger partial charge in [0.2, 0.25) is 17.4 Å². The standard InChI is InChI=1S/C12H22O9.C11H20O11.C11H20O10.2C6H12O6.2C5H10O5.4CO2/c13-2-4-1-5(8(16)10(18)7(4)15)20-12-11(19)9(17)6(3-14)21-12;12-1-3-4(14)8(18)11(2-13,21-3)22-10-7(17)5(15)6(16)9(19)20-10;12-1-5-7(16)9(18)11(3-13,20-5)21-10-8(17)6(15)4(14)2-19-10;7-1-3-4(9)5(10)6(11,2-8)12-3;7-1-2-3(8)4(9)5(10)6(11)12-2;6-2-1-10-5(9)4(8)3(2)7;6-1-2-3(7)4(8)5(9)10-2;4*2-1-3/h4-19H,1-3H2;3-10,12-19H,1-2H2;4-10,12-18H,1-3H2;3-5,7-11H,1-2H2;2-11H,1H2;2*2-9H,1H2;;;;/t4-,5+,6-,7-,8+,9-,10+,11+,12-;3-,4-,5+,6+,7-,8+,9+,10-,11+;4-,5-,6+,7-,8-,9+,10-,11+;3-,4-,5+,6-;2-,3-,4+,5-,6+;2-,3+,4-,5+;2-,3-,4+,5-;;;;/m1111111..../s1. The van der Waals surface area contributed by atoms with Gasteiger partial charge in [0.25, 0.3) is 0 Å². The average molecular weight is 1790 g/mol. The Hall–Kier alpha value is -4.56. The molecular formula is C60H106O60. The van der Waals surface area contributed by atoms with Crippen LogP contribution in [-0.4, -0.2) is 565 Å². The number of carbonyl (C=O) groups excluding carboxylic acids is 8. The highest BCUT2D eigenvalue weighted by atomic mass is 16.8. The van der Waals surface area contributed by atoms with Gasteiger partial charge in [0.15, 0.2) is 44.0 Å². The van der Waals surface area contributed by atoms with Crippen LogP contribution in [0.25, 0.3) is 0 Å². The van der Waals surface area contributed by atoms with Crippen molar-refractivity contribution >= 4 is 24.6 Å². The van der Waals surface area contributed by atoms with E-state index in [-0.39, 0.29) is 44.2 Å². The summed E-state index contributed by atoms with van der Waals surface area (Å²) < 4.78 is 58.9. The largest absolute Gasteiger partial charge is 0.396 e. The Morgan fingerprint density at radius 2 is 0.583 bits per heavy atom. The van der Waals surface area contributed by atoms with E-state index in [0.29, 0.717) is 0 Å². The molecule has 0 radical (unpaired) electrons. The SMILES string of the molecule is O=C=O.O=C=O.O=C=O.O=C=O.OC[C@H]1C[C@H](O[C@@H]2O[C@H](CO)[C@@H](O)[C@@H]2O)[C@H](O)[C@@H](O)[C@@H]1O.OC[C@H]1O[C@@H](O)[C@@H](O)[C@@H]1O.OC[C@H]1O[C@@](CO)(O[C@H]2OC[C@@H](O)[C@H](O)[C@H]2O)[C@@H](O)[C@@H]1O.OC[C@H]1O[C@@](CO)(O[C@H]2O[C@H](O)[C@@H](O)[C@H](O)[C@H]2O)[C@@H](O)[C@@H]1O.OC[C@H]1O[C@H](O)[C@H](O)[C@@H](O)[C@@H]1O.OC[C@H]1O[C@](O)(CO)[C@@H](O)[C@@H]1O.O[C@@H]1[C@@H](O)[C@@H](O)OC[C@H]1O. The van der Waals surface area contributed by atoms with Gasteiger partial charge in [-0.2, -0.15) is 38.4 Å². The van der Waals surface area contributed by atoms with Crippen LogP contribution in [0.4, 0.5) is 0 Å². The molecule has 43 atom stereocenters. The highest BCUT2D eigenvalue weighted by molar-refractivity contribution is 5.21. The lowest BCUT2D eigenvalue weighted by Crippen LogP contribution is -2.62. The van der Waals surface area contributed by atoms with Crippen LogP contribution in [0.1, 0.15) is 6.42 Å². The molecule has 1 aliphatic carbocycles. The van der Waals surface area contributed by atoms with Gasteiger partial charge in [-0.3, -0.25) is 0 Å². The van der Waals surface area contributed by atoms with E-state index >= 15 is 0 Å². The van der Waals surface area contributed by atoms with Crippen molar-refractivity contribution in [2.75, 3.05) is 79.3 Å². The van der Waals surface area contributed by atoms with Crippen LogP contribution in [0.2, 0.25) is 0 Å². The summed E-state index contributed by atoms with van der Waals surface area (Å²) in [6.45, 7) is -6.88. The van der Waals surface area contributed by atoms with Crippen molar-refractivity contribution in [1.29, 1.82) is 0 Å². The number of ether oxygens (including phenoxy) is 12. The molecule has 0 spiro atoms. The van der Waals surface area contributed by atoms with Crippen molar-refractivity contribution in [2.24, 2.45) is 5.92 Å². The van der Waals surface area contributed by atoms with Crippen LogP contribution in [0.5, 0.6) is 0 Å². The number of hydrogen-bond acceptors (Lipinski definition) is 60. The van der Waals surface area contributed by atoms with Crippen LogP contribution in [-0.2, 0) is 95.2 Å². The van der Waals surface area contributed by atoms with E-state index in [2.05, 4.69) is 18.9 Å². The molecule has 10 aliphatic rings. The predicted octanol–water partition coefficient (Wildman–Crippen LogP) is -28.2. The van der Waals surface area contributed by atoms with Crippen molar-refractivity contribution in [3.63, 3.8) is 0 Å². The maximum Gasteiger partial charge on any atom is 0.373 e. The third-order valence-corrected chi connectivity index (χ3v) is 18.4. The molecule has 9 heterocycles. The molecule has 0 aromatic heterocycles. The molecule has 1 saturated carbocycles.